The maximum absolute atomic E-state index is 11.5. The second-order valence-corrected chi connectivity index (χ2v) is 34.9. The fourth-order valence-corrected chi connectivity index (χ4v) is 14.0. The van der Waals surface area contributed by atoms with Crippen molar-refractivity contribution in [2.45, 2.75) is 213 Å². The molecule has 5 aromatic carbocycles. The molecule has 15 heterocycles. The number of thiazole rings is 3. The van der Waals surface area contributed by atoms with E-state index in [1.54, 1.807) is 64.7 Å². The lowest BCUT2D eigenvalue weighted by Gasteiger charge is -2.04. The highest BCUT2D eigenvalue weighted by molar-refractivity contribution is 7.19. The van der Waals surface area contributed by atoms with Gasteiger partial charge in [0.05, 0.1) is 80.5 Å². The topological polar surface area (TPSA) is 275 Å². The fourth-order valence-electron chi connectivity index (χ4n) is 11.4. The molecule has 0 spiro atoms. The van der Waals surface area contributed by atoms with Crippen molar-refractivity contribution in [1.29, 1.82) is 0 Å². The second kappa shape index (κ2) is 45.6. The van der Waals surface area contributed by atoms with Crippen molar-refractivity contribution >= 4 is 132 Å². The Hall–Kier alpha value is -12.5. The van der Waals surface area contributed by atoms with Gasteiger partial charge in [0.1, 0.15) is 22.5 Å². The molecule has 0 amide bonds. The molecule has 0 aliphatic rings. The molecule has 1 N–H and O–H groups in total. The van der Waals surface area contributed by atoms with Crippen LogP contribution in [-0.4, -0.2) is 83.6 Å². The molecule has 0 saturated heterocycles. The van der Waals surface area contributed by atoms with Crippen molar-refractivity contribution in [3.63, 3.8) is 0 Å². The maximum Gasteiger partial charge on any atom is 0.346 e. The van der Waals surface area contributed by atoms with Crippen molar-refractivity contribution in [3.05, 3.63) is 298 Å². The summed E-state index contributed by atoms with van der Waals surface area (Å²) in [5, 5.41) is 5.01. The first-order chi connectivity index (χ1) is 58.6. The maximum atomic E-state index is 11.5. The highest BCUT2D eigenvalue weighted by Gasteiger charge is 2.15. The molecule has 124 heavy (non-hydrogen) atoms. The van der Waals surface area contributed by atoms with E-state index in [1.165, 1.54) is 25.1 Å². The average Bonchev–Trinajstić information content (AvgIpc) is 1.75. The molecule has 646 valence electrons. The van der Waals surface area contributed by atoms with E-state index in [0.29, 0.717) is 81.4 Å². The molecule has 25 heteroatoms. The number of hydrogen-bond donors (Lipinski definition) is 1. The highest BCUT2D eigenvalue weighted by Crippen LogP contribution is 2.30. The zero-order valence-electron chi connectivity index (χ0n) is 73.1. The van der Waals surface area contributed by atoms with Crippen LogP contribution in [0.4, 0.5) is 0 Å². The van der Waals surface area contributed by atoms with Crippen molar-refractivity contribution in [3.8, 4) is 0 Å². The van der Waals surface area contributed by atoms with Gasteiger partial charge in [0.15, 0.2) is 39.4 Å². The molecule has 0 aliphatic heterocycles. The van der Waals surface area contributed by atoms with Crippen molar-refractivity contribution in [2.75, 3.05) is 0 Å². The summed E-state index contributed by atoms with van der Waals surface area (Å²) >= 11 is 5.20. The van der Waals surface area contributed by atoms with Gasteiger partial charge in [0.25, 0.3) is 0 Å². The van der Waals surface area contributed by atoms with Crippen LogP contribution in [-0.2, 0) is 0 Å². The summed E-state index contributed by atoms with van der Waals surface area (Å²) in [6.45, 7) is 42.0. The third kappa shape index (κ3) is 26.3. The zero-order valence-corrected chi connectivity index (χ0v) is 75.6. The van der Waals surface area contributed by atoms with E-state index >= 15 is 0 Å². The number of imidazole rings is 3. The lowest BCUT2D eigenvalue weighted by Crippen LogP contribution is -2.05. The van der Waals surface area contributed by atoms with Crippen molar-refractivity contribution < 1.29 is 17.7 Å². The van der Waals surface area contributed by atoms with E-state index in [1.807, 2.05) is 211 Å². The third-order valence-electron chi connectivity index (χ3n) is 18.4. The van der Waals surface area contributed by atoms with Crippen LogP contribution >= 0.6 is 34.0 Å². The van der Waals surface area contributed by atoms with Crippen LogP contribution in [0, 0.1) is 0 Å². The first-order valence-corrected chi connectivity index (χ1v) is 43.9. The number of nitrogens with zero attached hydrogens (tertiary/aromatic N) is 16. The number of hydrogen-bond acceptors (Lipinski definition) is 22. The number of H-pyrrole nitrogens is 1. The summed E-state index contributed by atoms with van der Waals surface area (Å²) in [5.41, 5.74) is 15.9. The zero-order chi connectivity index (χ0) is 87.1. The average molecular weight is 1720 g/mol. The number of para-hydroxylation sites is 8. The number of oxazole rings is 3. The molecule has 20 rings (SSSR count). The van der Waals surface area contributed by atoms with E-state index in [4.69, 9.17) is 17.7 Å². The molecule has 0 radical (unpaired) electrons. The molecule has 0 fully saturated rings. The lowest BCUT2D eigenvalue weighted by atomic mass is 10.1. The number of pyridine rings is 4. The minimum atomic E-state index is -0.306. The summed E-state index contributed by atoms with van der Waals surface area (Å²) in [7, 11) is 0. The molecule has 0 bridgehead atoms. The summed E-state index contributed by atoms with van der Waals surface area (Å²) in [6, 6.07) is 54.8. The first-order valence-electron chi connectivity index (χ1n) is 41.4. The summed E-state index contributed by atoms with van der Waals surface area (Å²) in [5.74, 6) is 8.02. The Morgan fingerprint density at radius 3 is 1.48 bits per heavy atom. The van der Waals surface area contributed by atoms with E-state index in [9.17, 15) is 4.79 Å². The largest absolute Gasteiger partial charge is 0.440 e. The predicted octanol–water partition coefficient (Wildman–Crippen LogP) is 27.9. The van der Waals surface area contributed by atoms with Gasteiger partial charge in [-0.1, -0.05) is 220 Å². The molecule has 22 nitrogen and oxygen atoms in total. The van der Waals surface area contributed by atoms with Crippen LogP contribution in [0.1, 0.15) is 269 Å². The highest BCUT2D eigenvalue weighted by atomic mass is 32.1. The van der Waals surface area contributed by atoms with Gasteiger partial charge in [-0.15, -0.1) is 34.0 Å². The summed E-state index contributed by atoms with van der Waals surface area (Å²) in [6.07, 6.45) is 17.2. The van der Waals surface area contributed by atoms with Crippen LogP contribution in [0.5, 0.6) is 0 Å². The van der Waals surface area contributed by atoms with Crippen molar-refractivity contribution in [1.82, 2.24) is 83.6 Å². The number of fused-ring (bicyclic) bond motifs is 10. The van der Waals surface area contributed by atoms with Crippen LogP contribution in [0.2, 0.25) is 0 Å². The quantitative estimate of drug-likeness (QED) is 0.133. The van der Waals surface area contributed by atoms with Gasteiger partial charge < -0.3 is 27.1 Å². The fraction of sp³-hybridized carbons (Fsp3) is 0.323. The second-order valence-electron chi connectivity index (χ2n) is 31.9. The lowest BCUT2D eigenvalue weighted by molar-refractivity contribution is 0.424. The number of rotatable bonds is 10. The van der Waals surface area contributed by atoms with Crippen LogP contribution in [0.15, 0.2) is 253 Å². The summed E-state index contributed by atoms with van der Waals surface area (Å²) < 4.78 is 28.1. The van der Waals surface area contributed by atoms with Gasteiger partial charge in [-0.05, 0) is 121 Å². The Balaban J connectivity index is 0.000000156. The van der Waals surface area contributed by atoms with Crippen molar-refractivity contribution in [2.24, 2.45) is 0 Å². The molecular formula is C99H117N17O5S3. The molecule has 15 aromatic heterocycles. The number of aromatic amines is 1. The monoisotopic (exact) mass is 1720 g/mol. The number of aromatic nitrogens is 17. The van der Waals surface area contributed by atoms with E-state index < -0.39 is 0 Å². The van der Waals surface area contributed by atoms with Crippen LogP contribution in [0.25, 0.3) is 97.6 Å². The Bertz CT molecular complexity index is 5660. The Kier molecular flexibility index (Phi) is 35.1. The molecule has 0 saturated carbocycles. The van der Waals surface area contributed by atoms with Gasteiger partial charge >= 0.3 is 5.63 Å². The SMILES string of the molecule is C.C.CC(C)c1cn2ccccc2n1.CC(C)c1cn2ccsc2n1.CC(C)c1cnc2ccccc2n1.CC(C)c1nc2ccccc2[nH]1.CC(C)c1nc2ccccc2c(=O)o1.CC(C)c1nc2ccccc2o1.CC(C)c1nc2ccccc2s1.CC(C)c1nc2cccnc2o1.CC(C)c1nc2ccncc2s1.CC(C)c1nc2ncccc2o1. The smallest absolute Gasteiger partial charge is 0.346 e. The molecule has 0 unspecified atom stereocenters. The van der Waals surface area contributed by atoms with Gasteiger partial charge in [-0.3, -0.25) is 14.4 Å². The summed E-state index contributed by atoms with van der Waals surface area (Å²) in [4.78, 5) is 76.5. The third-order valence-corrected chi connectivity index (χ3v) is 21.8. The first kappa shape index (κ1) is 95.4. The Morgan fingerprint density at radius 1 is 0.347 bits per heavy atom. The van der Waals surface area contributed by atoms with Gasteiger partial charge in [0.2, 0.25) is 11.6 Å². The van der Waals surface area contributed by atoms with Gasteiger partial charge in [-0.2, -0.15) is 4.98 Å². The van der Waals surface area contributed by atoms with Crippen LogP contribution in [0.3, 0.4) is 0 Å². The predicted molar refractivity (Wildman–Crippen MR) is 513 cm³/mol. The number of nitrogens with one attached hydrogen (secondary N) is 1. The Morgan fingerprint density at radius 2 is 0.863 bits per heavy atom. The standard InChI is InChI=1S/C11H12N2.C11H11NO2.2C10H12N2.C10H11NO.C10H11NS.2C9H10N2O.C9H10N2S.C8H10N2S.2CH4/c1-8(2)11-7-12-9-5-3-4-6-10(9)13-11;1-7(2)10-12-9-6-4-3-5-8(9)11(13)14-10;1-8(2)9-7-12-6-4-3-5-10(12)11-9;3*1-7(2)10-11-8-5-3-4-6-9(8)12-10;1-6(2)9-11-8-7(12-9)4-3-5-10-8;1-6(2)8-11-7-4-3-5-10-9(7)12-8;1-6(2)9-11-7-3-4-10-5-8(7)12-9;1-6(2)7-5-10-3-4-11-8(10)9-7;;/h3-8H,1-2H3;3-7H,1-2H3;3-8H,1-2H3;3-7H,1-2H3,(H,11,12);2*3-7H,1-2H3;3*3-6H,1-2H3;3-6H,1-2H3;2*1H4. The van der Waals surface area contributed by atoms with Crippen LogP contribution < -0.4 is 5.63 Å². The molecule has 0 aliphatic carbocycles. The molecular weight excluding hydrogens is 1600 g/mol. The minimum absolute atomic E-state index is 0. The van der Waals surface area contributed by atoms with E-state index in [0.717, 1.165) is 101 Å². The normalized spacial score (nSPS) is 11.0. The van der Waals surface area contributed by atoms with Gasteiger partial charge in [-0.25, -0.2) is 59.6 Å². The van der Waals surface area contributed by atoms with E-state index in [-0.39, 0.29) is 26.4 Å². The number of benzene rings is 5. The Labute approximate surface area is 738 Å². The molecule has 0 atom stereocenters. The van der Waals surface area contributed by atoms with E-state index in [2.05, 4.69) is 211 Å². The minimum Gasteiger partial charge on any atom is -0.440 e. The molecule has 20 aromatic rings. The van der Waals surface area contributed by atoms with Gasteiger partial charge in [0, 0.05) is 103 Å².